The molecular weight excluding hydrogens is 332 g/mol. The maximum Gasteiger partial charge on any atom is 0.114 e. The normalized spacial score (nSPS) is 12.7. The van der Waals surface area contributed by atoms with Crippen molar-refractivity contribution in [2.45, 2.75) is 26.3 Å². The molecule has 0 bridgehead atoms. The Bertz CT molecular complexity index is 568. The zero-order chi connectivity index (χ0) is 13.3. The predicted molar refractivity (Wildman–Crippen MR) is 81.4 cm³/mol. The molecule has 2 rings (SSSR count). The summed E-state index contributed by atoms with van der Waals surface area (Å²) in [7, 11) is 0. The summed E-state index contributed by atoms with van der Waals surface area (Å²) in [6.45, 7) is 4.19. The topological polar surface area (TPSA) is 38.9 Å². The van der Waals surface area contributed by atoms with Crippen molar-refractivity contribution in [1.82, 2.24) is 4.98 Å². The van der Waals surface area contributed by atoms with Crippen LogP contribution in [0.15, 0.2) is 22.7 Å². The van der Waals surface area contributed by atoms with Crippen LogP contribution in [-0.2, 0) is 6.42 Å². The molecule has 18 heavy (non-hydrogen) atoms. The number of benzene rings is 1. The van der Waals surface area contributed by atoms with E-state index >= 15 is 0 Å². The average molecular weight is 346 g/mol. The van der Waals surface area contributed by atoms with E-state index in [1.165, 1.54) is 4.88 Å². The van der Waals surface area contributed by atoms with Crippen LogP contribution in [0.4, 0.5) is 0 Å². The maximum absolute atomic E-state index is 6.28. The second kappa shape index (κ2) is 5.70. The maximum atomic E-state index is 6.28. The molecule has 1 heterocycles. The molecule has 0 aliphatic heterocycles. The molecule has 2 N–H and O–H groups in total. The molecule has 0 spiro atoms. The van der Waals surface area contributed by atoms with Crippen LogP contribution in [0.5, 0.6) is 0 Å². The lowest BCUT2D eigenvalue weighted by atomic mass is 10.1. The lowest BCUT2D eigenvalue weighted by Gasteiger charge is -2.11. The smallest absolute Gasteiger partial charge is 0.114 e. The zero-order valence-corrected chi connectivity index (χ0v) is 13.4. The van der Waals surface area contributed by atoms with E-state index in [-0.39, 0.29) is 6.04 Å². The van der Waals surface area contributed by atoms with Crippen molar-refractivity contribution < 1.29 is 0 Å². The number of hydrogen-bond acceptors (Lipinski definition) is 3. The highest BCUT2D eigenvalue weighted by Gasteiger charge is 2.17. The molecule has 0 amide bonds. The summed E-state index contributed by atoms with van der Waals surface area (Å²) < 4.78 is 0.963. The second-order valence-electron chi connectivity index (χ2n) is 4.05. The third-order valence-electron chi connectivity index (χ3n) is 2.80. The third kappa shape index (κ3) is 2.77. The van der Waals surface area contributed by atoms with Gasteiger partial charge in [0.1, 0.15) is 5.01 Å². The van der Waals surface area contributed by atoms with Crippen molar-refractivity contribution in [2.75, 3.05) is 0 Å². The molecule has 1 aromatic heterocycles. The number of aryl methyl sites for hydroxylation is 2. The summed E-state index contributed by atoms with van der Waals surface area (Å²) in [4.78, 5) is 5.84. The fourth-order valence-corrected chi connectivity index (χ4v) is 3.50. The number of halogens is 2. The molecule has 96 valence electrons. The molecule has 0 saturated carbocycles. The van der Waals surface area contributed by atoms with Gasteiger partial charge in [-0.05, 0) is 37.1 Å². The quantitative estimate of drug-likeness (QED) is 0.891. The Hall–Kier alpha value is -0.420. The number of thiazole rings is 1. The molecule has 1 atom stereocenters. The number of nitrogens with zero attached hydrogens (tertiary/aromatic N) is 1. The summed E-state index contributed by atoms with van der Waals surface area (Å²) in [6, 6.07) is 5.41. The molecule has 5 heteroatoms. The van der Waals surface area contributed by atoms with Crippen molar-refractivity contribution in [3.8, 4) is 0 Å². The van der Waals surface area contributed by atoms with Crippen LogP contribution in [0.3, 0.4) is 0 Å². The molecule has 1 unspecified atom stereocenters. The van der Waals surface area contributed by atoms with Crippen LogP contribution in [0.25, 0.3) is 0 Å². The Labute approximate surface area is 124 Å². The fraction of sp³-hybridized carbons (Fsp3) is 0.308. The van der Waals surface area contributed by atoms with Crippen LogP contribution in [0, 0.1) is 6.92 Å². The van der Waals surface area contributed by atoms with Crippen molar-refractivity contribution in [1.29, 1.82) is 0 Å². The highest BCUT2D eigenvalue weighted by molar-refractivity contribution is 9.10. The van der Waals surface area contributed by atoms with Crippen molar-refractivity contribution in [3.63, 3.8) is 0 Å². The van der Waals surface area contributed by atoms with Gasteiger partial charge < -0.3 is 5.73 Å². The molecule has 1 aromatic carbocycles. The van der Waals surface area contributed by atoms with E-state index in [2.05, 4.69) is 34.8 Å². The average Bonchev–Trinajstić information content (AvgIpc) is 2.73. The summed E-state index contributed by atoms with van der Waals surface area (Å²) >= 11 is 11.2. The van der Waals surface area contributed by atoms with Gasteiger partial charge in [-0.15, -0.1) is 11.3 Å². The van der Waals surface area contributed by atoms with Gasteiger partial charge in [0, 0.05) is 14.4 Å². The number of rotatable bonds is 3. The van der Waals surface area contributed by atoms with Crippen LogP contribution in [0.1, 0.15) is 34.1 Å². The fourth-order valence-electron chi connectivity index (χ4n) is 1.80. The molecular formula is C13H14BrClN2S. The lowest BCUT2D eigenvalue weighted by molar-refractivity contribution is 0.840. The van der Waals surface area contributed by atoms with E-state index < -0.39 is 0 Å². The SMILES string of the molecule is CCc1nc(C(N)c2cc(Cl)ccc2Br)sc1C. The van der Waals surface area contributed by atoms with E-state index in [9.17, 15) is 0 Å². The van der Waals surface area contributed by atoms with Gasteiger partial charge in [0.2, 0.25) is 0 Å². The van der Waals surface area contributed by atoms with E-state index in [1.54, 1.807) is 11.3 Å². The van der Waals surface area contributed by atoms with Gasteiger partial charge in [-0.1, -0.05) is 34.5 Å². The van der Waals surface area contributed by atoms with E-state index in [0.29, 0.717) is 5.02 Å². The van der Waals surface area contributed by atoms with Crippen molar-refractivity contribution >= 4 is 38.9 Å². The zero-order valence-electron chi connectivity index (χ0n) is 10.2. The molecule has 0 radical (unpaired) electrons. The Morgan fingerprint density at radius 2 is 2.22 bits per heavy atom. The van der Waals surface area contributed by atoms with Gasteiger partial charge in [0.05, 0.1) is 11.7 Å². The minimum Gasteiger partial charge on any atom is -0.318 e. The summed E-state index contributed by atoms with van der Waals surface area (Å²) in [5.74, 6) is 0. The molecule has 2 aromatic rings. The number of nitrogens with two attached hydrogens (primary N) is 1. The molecule has 0 aliphatic rings. The number of aromatic nitrogens is 1. The van der Waals surface area contributed by atoms with Crippen LogP contribution in [-0.4, -0.2) is 4.98 Å². The Morgan fingerprint density at radius 1 is 1.50 bits per heavy atom. The first-order chi connectivity index (χ1) is 8.52. The van der Waals surface area contributed by atoms with Crippen LogP contribution >= 0.6 is 38.9 Å². The Kier molecular flexibility index (Phi) is 4.43. The lowest BCUT2D eigenvalue weighted by Crippen LogP contribution is -2.12. The standard InChI is InChI=1S/C13H14BrClN2S/c1-3-11-7(2)18-13(17-11)12(16)9-6-8(15)4-5-10(9)14/h4-6,12H,3,16H2,1-2H3. The van der Waals surface area contributed by atoms with Gasteiger partial charge in [-0.2, -0.15) is 0 Å². The van der Waals surface area contributed by atoms with Crippen LogP contribution in [0.2, 0.25) is 5.02 Å². The van der Waals surface area contributed by atoms with Gasteiger partial charge in [0.15, 0.2) is 0 Å². The minimum atomic E-state index is -0.234. The van der Waals surface area contributed by atoms with Gasteiger partial charge in [0.25, 0.3) is 0 Å². The van der Waals surface area contributed by atoms with Gasteiger partial charge in [-0.25, -0.2) is 4.98 Å². The molecule has 0 fully saturated rings. The van der Waals surface area contributed by atoms with Gasteiger partial charge in [-0.3, -0.25) is 0 Å². The monoisotopic (exact) mass is 344 g/mol. The molecule has 0 saturated heterocycles. The Balaban J connectivity index is 2.40. The summed E-state index contributed by atoms with van der Waals surface area (Å²) in [5.41, 5.74) is 8.38. The minimum absolute atomic E-state index is 0.234. The highest BCUT2D eigenvalue weighted by atomic mass is 79.9. The first-order valence-electron chi connectivity index (χ1n) is 5.69. The van der Waals surface area contributed by atoms with E-state index in [4.69, 9.17) is 17.3 Å². The molecule has 2 nitrogen and oxygen atoms in total. The first-order valence-corrected chi connectivity index (χ1v) is 7.68. The second-order valence-corrected chi connectivity index (χ2v) is 6.58. The highest BCUT2D eigenvalue weighted by Crippen LogP contribution is 2.32. The van der Waals surface area contributed by atoms with Gasteiger partial charge >= 0.3 is 0 Å². The largest absolute Gasteiger partial charge is 0.318 e. The van der Waals surface area contributed by atoms with Crippen molar-refractivity contribution in [2.24, 2.45) is 5.73 Å². The molecule has 0 aliphatic carbocycles. The van der Waals surface area contributed by atoms with E-state index in [1.807, 2.05) is 18.2 Å². The van der Waals surface area contributed by atoms with E-state index in [0.717, 1.165) is 27.2 Å². The third-order valence-corrected chi connectivity index (χ3v) is 4.86. The summed E-state index contributed by atoms with van der Waals surface area (Å²) in [5, 5.41) is 1.62. The number of hydrogen-bond donors (Lipinski definition) is 1. The van der Waals surface area contributed by atoms with Crippen molar-refractivity contribution in [3.05, 3.63) is 48.8 Å². The first kappa shape index (κ1) is 14.0. The van der Waals surface area contributed by atoms with Crippen LogP contribution < -0.4 is 5.73 Å². The summed E-state index contributed by atoms with van der Waals surface area (Å²) in [6.07, 6.45) is 0.936. The Morgan fingerprint density at radius 3 is 2.83 bits per heavy atom. The predicted octanol–water partition coefficient (Wildman–Crippen LogP) is 4.48.